The molecule has 2 heterocycles. The van der Waals surface area contributed by atoms with Gasteiger partial charge in [-0.1, -0.05) is 67.6 Å². The number of esters is 1. The first-order valence-corrected chi connectivity index (χ1v) is 12.1. The van der Waals surface area contributed by atoms with Crippen molar-refractivity contribution >= 4 is 17.8 Å². The zero-order valence-corrected chi connectivity index (χ0v) is 20.7. The highest BCUT2D eigenvalue weighted by molar-refractivity contribution is 6.00. The highest BCUT2D eigenvalue weighted by Crippen LogP contribution is 2.23. The molecule has 0 bridgehead atoms. The maximum atomic E-state index is 12.8. The Balaban J connectivity index is 0.000000253. The zero-order valence-electron chi connectivity index (χ0n) is 20.7. The standard InChI is InChI=1S/C18H21N3O3.C10H12O2/c1-2-14(12-6-4-3-5-7-12)20-18(23)13-10-15(17(19)22)21-8-9-24-11-16(13)21;1-2-12-10(11)8-9-6-4-3-5-7-9/h3-7,10,14H,2,8-9,11H2,1H3,(H2,19,22)(H,20,23);3-7H,2,8H2,1H3/t14-;/m1./s1. The average molecular weight is 492 g/mol. The molecule has 0 spiro atoms. The van der Waals surface area contributed by atoms with Crippen LogP contribution in [0.5, 0.6) is 0 Å². The first-order chi connectivity index (χ1) is 17.4. The SMILES string of the molecule is CCOC(=O)Cc1ccccc1.CC[C@@H](NC(=O)c1cc(C(N)=O)n2c1COCC2)c1ccccc1. The zero-order chi connectivity index (χ0) is 25.9. The van der Waals surface area contributed by atoms with Crippen molar-refractivity contribution in [3.05, 3.63) is 94.8 Å². The molecule has 190 valence electrons. The summed E-state index contributed by atoms with van der Waals surface area (Å²) < 4.78 is 12.0. The van der Waals surface area contributed by atoms with Gasteiger partial charge in [-0.05, 0) is 30.5 Å². The maximum Gasteiger partial charge on any atom is 0.310 e. The van der Waals surface area contributed by atoms with Crippen LogP contribution >= 0.6 is 0 Å². The van der Waals surface area contributed by atoms with Crippen molar-refractivity contribution in [3.8, 4) is 0 Å². The monoisotopic (exact) mass is 491 g/mol. The Morgan fingerprint density at radius 3 is 2.33 bits per heavy atom. The van der Waals surface area contributed by atoms with Crippen molar-refractivity contribution in [2.45, 2.75) is 45.9 Å². The minimum absolute atomic E-state index is 0.0872. The van der Waals surface area contributed by atoms with E-state index >= 15 is 0 Å². The fourth-order valence-electron chi connectivity index (χ4n) is 4.04. The van der Waals surface area contributed by atoms with Crippen molar-refractivity contribution in [1.82, 2.24) is 9.88 Å². The number of amides is 2. The summed E-state index contributed by atoms with van der Waals surface area (Å²) >= 11 is 0. The van der Waals surface area contributed by atoms with Crippen molar-refractivity contribution in [1.29, 1.82) is 0 Å². The molecule has 1 atom stereocenters. The molecule has 0 aliphatic carbocycles. The number of primary amides is 1. The molecule has 3 N–H and O–H groups in total. The van der Waals surface area contributed by atoms with Crippen molar-refractivity contribution in [3.63, 3.8) is 0 Å². The van der Waals surface area contributed by atoms with Gasteiger partial charge in [0.05, 0.1) is 43.5 Å². The molecule has 0 saturated carbocycles. The molecule has 2 amide bonds. The Labute approximate surface area is 211 Å². The Morgan fingerprint density at radius 2 is 1.72 bits per heavy atom. The first kappa shape index (κ1) is 26.7. The van der Waals surface area contributed by atoms with E-state index in [0.29, 0.717) is 49.7 Å². The van der Waals surface area contributed by atoms with E-state index in [1.54, 1.807) is 10.6 Å². The number of nitrogens with zero attached hydrogens (tertiary/aromatic N) is 1. The molecule has 0 unspecified atom stereocenters. The van der Waals surface area contributed by atoms with Crippen molar-refractivity contribution in [2.75, 3.05) is 13.2 Å². The van der Waals surface area contributed by atoms with E-state index in [-0.39, 0.29) is 17.9 Å². The fraction of sp³-hybridized carbons (Fsp3) is 0.321. The van der Waals surface area contributed by atoms with E-state index in [2.05, 4.69) is 5.32 Å². The number of nitrogens with two attached hydrogens (primary N) is 1. The fourth-order valence-corrected chi connectivity index (χ4v) is 4.04. The molecule has 0 radical (unpaired) electrons. The van der Waals surface area contributed by atoms with Crippen LogP contribution in [0, 0.1) is 0 Å². The molecule has 1 aromatic heterocycles. The molecule has 0 saturated heterocycles. The van der Waals surface area contributed by atoms with Gasteiger partial charge in [0.1, 0.15) is 5.69 Å². The third kappa shape index (κ3) is 7.05. The number of fused-ring (bicyclic) bond motifs is 1. The lowest BCUT2D eigenvalue weighted by molar-refractivity contribution is -0.142. The van der Waals surface area contributed by atoms with E-state index in [9.17, 15) is 14.4 Å². The largest absolute Gasteiger partial charge is 0.466 e. The predicted octanol–water partition coefficient (Wildman–Crippen LogP) is 3.79. The molecule has 8 heteroatoms. The minimum atomic E-state index is -0.535. The summed E-state index contributed by atoms with van der Waals surface area (Å²) in [6, 6.07) is 20.9. The third-order valence-electron chi connectivity index (χ3n) is 5.82. The smallest absolute Gasteiger partial charge is 0.310 e. The average Bonchev–Trinajstić information content (AvgIpc) is 3.29. The lowest BCUT2D eigenvalue weighted by Gasteiger charge is -2.20. The summed E-state index contributed by atoms with van der Waals surface area (Å²) in [5.41, 5.74) is 9.00. The molecule has 8 nitrogen and oxygen atoms in total. The van der Waals surface area contributed by atoms with Gasteiger partial charge < -0.3 is 25.1 Å². The normalized spacial score (nSPS) is 12.9. The number of hydrogen-bond donors (Lipinski definition) is 2. The number of hydrogen-bond acceptors (Lipinski definition) is 5. The Morgan fingerprint density at radius 1 is 1.06 bits per heavy atom. The lowest BCUT2D eigenvalue weighted by atomic mass is 10.0. The summed E-state index contributed by atoms with van der Waals surface area (Å²) in [4.78, 5) is 35.4. The summed E-state index contributed by atoms with van der Waals surface area (Å²) in [6.45, 7) is 5.61. The highest BCUT2D eigenvalue weighted by atomic mass is 16.5. The first-order valence-electron chi connectivity index (χ1n) is 12.1. The van der Waals surface area contributed by atoms with Crippen LogP contribution in [0.25, 0.3) is 0 Å². The van der Waals surface area contributed by atoms with Gasteiger partial charge in [-0.15, -0.1) is 0 Å². The van der Waals surface area contributed by atoms with Crippen LogP contribution in [-0.2, 0) is 33.8 Å². The molecule has 0 fully saturated rings. The number of ether oxygens (including phenoxy) is 2. The third-order valence-corrected chi connectivity index (χ3v) is 5.82. The van der Waals surface area contributed by atoms with E-state index in [0.717, 1.165) is 17.5 Å². The van der Waals surface area contributed by atoms with Gasteiger partial charge in [0.2, 0.25) is 0 Å². The Kier molecular flexibility index (Phi) is 9.82. The molecule has 36 heavy (non-hydrogen) atoms. The summed E-state index contributed by atoms with van der Waals surface area (Å²) in [5, 5.41) is 3.04. The van der Waals surface area contributed by atoms with Gasteiger partial charge >= 0.3 is 5.97 Å². The van der Waals surface area contributed by atoms with Gasteiger partial charge in [-0.2, -0.15) is 0 Å². The van der Waals surface area contributed by atoms with Gasteiger partial charge in [0, 0.05) is 6.54 Å². The van der Waals surface area contributed by atoms with Crippen LogP contribution in [0.1, 0.15) is 64.0 Å². The van der Waals surface area contributed by atoms with E-state index in [1.165, 1.54) is 0 Å². The van der Waals surface area contributed by atoms with E-state index < -0.39 is 5.91 Å². The molecular formula is C28H33N3O5. The van der Waals surface area contributed by atoms with Crippen LogP contribution in [-0.4, -0.2) is 35.6 Å². The van der Waals surface area contributed by atoms with Gasteiger partial charge in [-0.25, -0.2) is 0 Å². The van der Waals surface area contributed by atoms with Crippen molar-refractivity contribution in [2.24, 2.45) is 5.73 Å². The van der Waals surface area contributed by atoms with E-state index in [4.69, 9.17) is 15.2 Å². The van der Waals surface area contributed by atoms with Crippen LogP contribution in [0.15, 0.2) is 66.7 Å². The number of nitrogens with one attached hydrogen (secondary N) is 1. The maximum absolute atomic E-state index is 12.8. The number of aromatic nitrogens is 1. The number of rotatable bonds is 8. The second-order valence-corrected chi connectivity index (χ2v) is 8.27. The minimum Gasteiger partial charge on any atom is -0.466 e. The van der Waals surface area contributed by atoms with Crippen LogP contribution in [0.2, 0.25) is 0 Å². The van der Waals surface area contributed by atoms with Crippen LogP contribution in [0.3, 0.4) is 0 Å². The second-order valence-electron chi connectivity index (χ2n) is 8.27. The number of benzene rings is 2. The van der Waals surface area contributed by atoms with Gasteiger partial charge in [0.15, 0.2) is 0 Å². The molecule has 1 aliphatic rings. The van der Waals surface area contributed by atoms with Crippen LogP contribution in [0.4, 0.5) is 0 Å². The highest BCUT2D eigenvalue weighted by Gasteiger charge is 2.26. The van der Waals surface area contributed by atoms with Gasteiger partial charge in [-0.3, -0.25) is 14.4 Å². The van der Waals surface area contributed by atoms with E-state index in [1.807, 2.05) is 74.5 Å². The molecule has 3 aromatic rings. The van der Waals surface area contributed by atoms with Gasteiger partial charge in [0.25, 0.3) is 11.8 Å². The molecular weight excluding hydrogens is 458 g/mol. The van der Waals surface area contributed by atoms with Crippen LogP contribution < -0.4 is 11.1 Å². The number of carbonyl (C=O) groups is 3. The topological polar surface area (TPSA) is 113 Å². The lowest BCUT2D eigenvalue weighted by Crippen LogP contribution is -2.29. The molecule has 4 rings (SSSR count). The number of carbonyl (C=O) groups excluding carboxylic acids is 3. The summed E-state index contributed by atoms with van der Waals surface area (Å²) in [6.07, 6.45) is 1.14. The second kappa shape index (κ2) is 13.3. The quantitative estimate of drug-likeness (QED) is 0.466. The molecule has 2 aromatic carbocycles. The summed E-state index contributed by atoms with van der Waals surface area (Å²) in [5.74, 6) is -0.913. The molecule has 1 aliphatic heterocycles. The van der Waals surface area contributed by atoms with Crippen molar-refractivity contribution < 1.29 is 23.9 Å². The summed E-state index contributed by atoms with van der Waals surface area (Å²) in [7, 11) is 0. The Bertz CT molecular complexity index is 1160. The Hall–Kier alpha value is -3.91. The predicted molar refractivity (Wildman–Crippen MR) is 136 cm³/mol.